The molecule has 0 bridgehead atoms. The van der Waals surface area contributed by atoms with Crippen LogP contribution in [0.3, 0.4) is 0 Å². The largest absolute Gasteiger partial charge is 0.393 e. The molecule has 1 saturated heterocycles. The van der Waals surface area contributed by atoms with Crippen LogP contribution in [0.2, 0.25) is 0 Å². The van der Waals surface area contributed by atoms with E-state index in [9.17, 15) is 13.2 Å². The van der Waals surface area contributed by atoms with Crippen molar-refractivity contribution in [2.75, 3.05) is 31.6 Å². The molecule has 1 aliphatic rings. The molecule has 1 fully saturated rings. The second-order valence-electron chi connectivity index (χ2n) is 6.83. The zero-order chi connectivity index (χ0) is 17.5. The number of nitrogens with one attached hydrogen (secondary N) is 1. The molecule has 0 spiro atoms. The van der Waals surface area contributed by atoms with Gasteiger partial charge < -0.3 is 10.2 Å². The number of aryl methyl sites for hydroxylation is 1. The second kappa shape index (κ2) is 6.15. The fraction of sp³-hybridized carbons (Fsp3) is 0.625. The van der Waals surface area contributed by atoms with Crippen LogP contribution >= 0.6 is 11.3 Å². The van der Waals surface area contributed by atoms with Crippen LogP contribution in [0.4, 0.5) is 19.0 Å². The lowest BCUT2D eigenvalue weighted by Gasteiger charge is -2.25. The fourth-order valence-corrected chi connectivity index (χ4v) is 4.46. The highest BCUT2D eigenvalue weighted by Gasteiger charge is 2.35. The highest BCUT2D eigenvalue weighted by atomic mass is 32.1. The number of halogens is 3. The normalized spacial score (nSPS) is 21.8. The summed E-state index contributed by atoms with van der Waals surface area (Å²) in [5, 5.41) is 3.95. The van der Waals surface area contributed by atoms with E-state index < -0.39 is 12.6 Å². The topological polar surface area (TPSA) is 41.0 Å². The van der Waals surface area contributed by atoms with Crippen LogP contribution in [-0.2, 0) is 6.42 Å². The van der Waals surface area contributed by atoms with Gasteiger partial charge in [0, 0.05) is 24.5 Å². The maximum atomic E-state index is 12.7. The van der Waals surface area contributed by atoms with Crippen LogP contribution in [-0.4, -0.2) is 42.8 Å². The van der Waals surface area contributed by atoms with Gasteiger partial charge in [0.15, 0.2) is 0 Å². The Labute approximate surface area is 143 Å². The summed E-state index contributed by atoms with van der Waals surface area (Å²) in [5.74, 6) is 1.36. The zero-order valence-electron chi connectivity index (χ0n) is 14.0. The molecule has 1 atom stereocenters. The minimum absolute atomic E-state index is 0.144. The third-order valence-corrected chi connectivity index (χ3v) is 5.40. The van der Waals surface area contributed by atoms with Crippen molar-refractivity contribution in [1.29, 1.82) is 0 Å². The first-order valence-electron chi connectivity index (χ1n) is 7.92. The fourth-order valence-electron chi connectivity index (χ4n) is 3.36. The summed E-state index contributed by atoms with van der Waals surface area (Å²) in [4.78, 5) is 12.0. The molecule has 1 unspecified atom stereocenters. The Hall–Kier alpha value is -1.41. The highest BCUT2D eigenvalue weighted by Crippen LogP contribution is 2.38. The summed E-state index contributed by atoms with van der Waals surface area (Å²) in [6.45, 7) is 6.60. The van der Waals surface area contributed by atoms with Gasteiger partial charge in [0.1, 0.15) is 16.5 Å². The van der Waals surface area contributed by atoms with E-state index in [1.54, 1.807) is 13.0 Å². The number of fused-ring (bicyclic) bond motifs is 1. The smallest absolute Gasteiger partial charge is 0.355 e. The maximum absolute atomic E-state index is 12.7. The SMILES string of the molecule is CNCC1(C)CCN(c2nc(C)nc3sc(CC(F)(F)F)cc23)C1. The molecule has 24 heavy (non-hydrogen) atoms. The monoisotopic (exact) mass is 358 g/mol. The average molecular weight is 358 g/mol. The number of hydrogen-bond acceptors (Lipinski definition) is 5. The Balaban J connectivity index is 1.96. The van der Waals surface area contributed by atoms with Crippen molar-refractivity contribution >= 4 is 27.4 Å². The van der Waals surface area contributed by atoms with Crippen LogP contribution in [0.5, 0.6) is 0 Å². The van der Waals surface area contributed by atoms with Crippen molar-refractivity contribution in [2.45, 2.75) is 32.9 Å². The van der Waals surface area contributed by atoms with Gasteiger partial charge in [-0.2, -0.15) is 13.2 Å². The van der Waals surface area contributed by atoms with E-state index in [4.69, 9.17) is 0 Å². The predicted molar refractivity (Wildman–Crippen MR) is 90.8 cm³/mol. The quantitative estimate of drug-likeness (QED) is 0.908. The predicted octanol–water partition coefficient (Wildman–Crippen LogP) is 3.54. The van der Waals surface area contributed by atoms with Crippen molar-refractivity contribution in [3.8, 4) is 0 Å². The van der Waals surface area contributed by atoms with E-state index in [1.165, 1.54) is 0 Å². The van der Waals surface area contributed by atoms with Crippen molar-refractivity contribution < 1.29 is 13.2 Å². The average Bonchev–Trinajstić information content (AvgIpc) is 2.99. The number of hydrogen-bond donors (Lipinski definition) is 1. The lowest BCUT2D eigenvalue weighted by atomic mass is 9.90. The molecule has 1 aliphatic heterocycles. The van der Waals surface area contributed by atoms with Crippen LogP contribution < -0.4 is 10.2 Å². The molecular formula is C16H21F3N4S. The van der Waals surface area contributed by atoms with Crippen molar-refractivity contribution in [1.82, 2.24) is 15.3 Å². The molecule has 0 radical (unpaired) electrons. The van der Waals surface area contributed by atoms with Crippen molar-refractivity contribution in [3.63, 3.8) is 0 Å². The van der Waals surface area contributed by atoms with E-state index >= 15 is 0 Å². The van der Waals surface area contributed by atoms with Crippen LogP contribution in [0, 0.1) is 12.3 Å². The number of anilines is 1. The summed E-state index contributed by atoms with van der Waals surface area (Å²) in [7, 11) is 1.93. The first kappa shape index (κ1) is 17.4. The van der Waals surface area contributed by atoms with Gasteiger partial charge in [-0.1, -0.05) is 6.92 Å². The molecule has 0 saturated carbocycles. The van der Waals surface area contributed by atoms with E-state index in [2.05, 4.69) is 27.1 Å². The number of aromatic nitrogens is 2. The Kier molecular flexibility index (Phi) is 4.46. The van der Waals surface area contributed by atoms with E-state index in [0.717, 1.165) is 48.6 Å². The summed E-state index contributed by atoms with van der Waals surface area (Å²) in [5.41, 5.74) is 0.144. The molecule has 1 N–H and O–H groups in total. The van der Waals surface area contributed by atoms with Gasteiger partial charge in [-0.15, -0.1) is 11.3 Å². The second-order valence-corrected chi connectivity index (χ2v) is 7.95. The summed E-state index contributed by atoms with van der Waals surface area (Å²) in [6.07, 6.45) is -4.09. The first-order chi connectivity index (χ1) is 11.2. The third-order valence-electron chi connectivity index (χ3n) is 4.37. The molecule has 3 heterocycles. The summed E-state index contributed by atoms with van der Waals surface area (Å²) < 4.78 is 38.1. The van der Waals surface area contributed by atoms with Gasteiger partial charge in [-0.05, 0) is 31.9 Å². The molecule has 2 aromatic heterocycles. The first-order valence-corrected chi connectivity index (χ1v) is 8.74. The zero-order valence-corrected chi connectivity index (χ0v) is 14.8. The molecule has 0 amide bonds. The molecule has 8 heteroatoms. The molecule has 4 nitrogen and oxygen atoms in total. The molecule has 0 aromatic carbocycles. The van der Waals surface area contributed by atoms with Crippen molar-refractivity contribution in [2.24, 2.45) is 5.41 Å². The van der Waals surface area contributed by atoms with Crippen LogP contribution in [0.25, 0.3) is 10.2 Å². The van der Waals surface area contributed by atoms with E-state index in [-0.39, 0.29) is 10.3 Å². The van der Waals surface area contributed by atoms with Crippen molar-refractivity contribution in [3.05, 3.63) is 16.8 Å². The Morgan fingerprint density at radius 1 is 1.38 bits per heavy atom. The van der Waals surface area contributed by atoms with E-state index in [0.29, 0.717) is 10.7 Å². The van der Waals surface area contributed by atoms with Crippen LogP contribution in [0.1, 0.15) is 24.0 Å². The van der Waals surface area contributed by atoms with Crippen LogP contribution in [0.15, 0.2) is 6.07 Å². The number of nitrogens with zero attached hydrogens (tertiary/aromatic N) is 3. The third kappa shape index (κ3) is 3.64. The Bertz CT molecular complexity index is 743. The van der Waals surface area contributed by atoms with Gasteiger partial charge in [0.05, 0.1) is 11.8 Å². The highest BCUT2D eigenvalue weighted by molar-refractivity contribution is 7.18. The number of thiophene rings is 1. The lowest BCUT2D eigenvalue weighted by Crippen LogP contribution is -2.33. The molecule has 2 aromatic rings. The lowest BCUT2D eigenvalue weighted by molar-refractivity contribution is -0.126. The maximum Gasteiger partial charge on any atom is 0.393 e. The standard InChI is InChI=1S/C16H21F3N4S/c1-10-21-13(23-5-4-15(2,9-23)8-20-3)12-6-11(7-16(17,18)19)24-14(12)22-10/h6,20H,4-5,7-9H2,1-3H3. The molecule has 132 valence electrons. The molecular weight excluding hydrogens is 337 g/mol. The van der Waals surface area contributed by atoms with Gasteiger partial charge in [0.25, 0.3) is 0 Å². The Morgan fingerprint density at radius 3 is 2.79 bits per heavy atom. The summed E-state index contributed by atoms with van der Waals surface area (Å²) in [6, 6.07) is 1.61. The number of rotatable bonds is 4. The van der Waals surface area contributed by atoms with E-state index in [1.807, 2.05) is 7.05 Å². The van der Waals surface area contributed by atoms with Gasteiger partial charge >= 0.3 is 6.18 Å². The summed E-state index contributed by atoms with van der Waals surface area (Å²) >= 11 is 1.11. The molecule has 0 aliphatic carbocycles. The van der Waals surface area contributed by atoms with Gasteiger partial charge in [0.2, 0.25) is 0 Å². The van der Waals surface area contributed by atoms with Gasteiger partial charge in [-0.3, -0.25) is 0 Å². The minimum Gasteiger partial charge on any atom is -0.355 e. The minimum atomic E-state index is -4.21. The molecule has 3 rings (SSSR count). The Morgan fingerprint density at radius 2 is 2.12 bits per heavy atom. The number of alkyl halides is 3. The van der Waals surface area contributed by atoms with Gasteiger partial charge in [-0.25, -0.2) is 9.97 Å².